The normalized spacial score (nSPS) is 12.6. The van der Waals surface area contributed by atoms with E-state index < -0.39 is 15.6 Å². The predicted molar refractivity (Wildman–Crippen MR) is 69.5 cm³/mol. The Bertz CT molecular complexity index is 500. The number of nitrogen functional groups attached to an aromatic ring is 1. The van der Waals surface area contributed by atoms with Gasteiger partial charge in [-0.15, -0.1) is 0 Å². The van der Waals surface area contributed by atoms with Crippen LogP contribution in [0.3, 0.4) is 0 Å². The molecule has 18 heavy (non-hydrogen) atoms. The third-order valence-corrected chi connectivity index (χ3v) is 3.68. The molecule has 7 heteroatoms. The Morgan fingerprint density at radius 1 is 1.50 bits per heavy atom. The summed E-state index contributed by atoms with van der Waals surface area (Å²) in [6.45, 7) is 6.21. The minimum atomic E-state index is -3.58. The first kappa shape index (κ1) is 14.9. The van der Waals surface area contributed by atoms with Gasteiger partial charge in [0.15, 0.2) is 0 Å². The first-order chi connectivity index (χ1) is 8.27. The molecule has 0 aromatic carbocycles. The van der Waals surface area contributed by atoms with Crippen LogP contribution in [0.15, 0.2) is 23.2 Å². The zero-order valence-corrected chi connectivity index (χ0v) is 11.6. The Hall–Kier alpha value is -1.18. The van der Waals surface area contributed by atoms with E-state index in [4.69, 9.17) is 10.5 Å². The average Bonchev–Trinajstić information content (AvgIpc) is 2.27. The van der Waals surface area contributed by atoms with Crippen molar-refractivity contribution in [1.82, 2.24) is 9.71 Å². The highest BCUT2D eigenvalue weighted by molar-refractivity contribution is 7.89. The molecule has 1 rings (SSSR count). The van der Waals surface area contributed by atoms with E-state index in [0.29, 0.717) is 6.61 Å². The number of nitrogens with one attached hydrogen (secondary N) is 1. The number of rotatable bonds is 6. The summed E-state index contributed by atoms with van der Waals surface area (Å²) in [7, 11) is -3.58. The largest absolute Gasteiger partial charge is 0.384 e. The highest BCUT2D eigenvalue weighted by atomic mass is 32.2. The lowest BCUT2D eigenvalue weighted by atomic mass is 10.1. The van der Waals surface area contributed by atoms with E-state index in [0.717, 1.165) is 0 Å². The molecule has 0 atom stereocenters. The molecule has 0 aliphatic carbocycles. The molecule has 3 N–H and O–H groups in total. The van der Waals surface area contributed by atoms with Gasteiger partial charge in [0.25, 0.3) is 0 Å². The van der Waals surface area contributed by atoms with Crippen LogP contribution in [0.1, 0.15) is 20.8 Å². The number of aromatic nitrogens is 1. The molecule has 0 aliphatic rings. The van der Waals surface area contributed by atoms with Crippen LogP contribution in [0, 0.1) is 0 Å². The number of nitrogens with zero attached hydrogens (tertiary/aromatic N) is 1. The number of sulfonamides is 1. The van der Waals surface area contributed by atoms with Crippen molar-refractivity contribution in [2.75, 3.05) is 18.9 Å². The maximum Gasteiger partial charge on any atom is 0.240 e. The third-order valence-electron chi connectivity index (χ3n) is 2.29. The predicted octanol–water partition coefficient (Wildman–Crippen LogP) is 0.757. The number of ether oxygens (including phenoxy) is 1. The molecule has 1 heterocycles. The molecule has 0 unspecified atom stereocenters. The molecule has 0 saturated heterocycles. The lowest BCUT2D eigenvalue weighted by Gasteiger charge is -2.24. The Morgan fingerprint density at radius 3 is 2.72 bits per heavy atom. The van der Waals surface area contributed by atoms with Crippen LogP contribution in [-0.4, -0.2) is 32.2 Å². The number of hydrogen-bond donors (Lipinski definition) is 2. The highest BCUT2D eigenvalue weighted by Gasteiger charge is 2.22. The molecular weight excluding hydrogens is 254 g/mol. The summed E-state index contributed by atoms with van der Waals surface area (Å²) in [5.41, 5.74) is 4.90. The summed E-state index contributed by atoms with van der Waals surface area (Å²) >= 11 is 0. The van der Waals surface area contributed by atoms with E-state index in [1.165, 1.54) is 18.3 Å². The molecule has 0 aliphatic heterocycles. The fourth-order valence-electron chi connectivity index (χ4n) is 1.39. The van der Waals surface area contributed by atoms with Crippen molar-refractivity contribution < 1.29 is 13.2 Å². The number of anilines is 1. The van der Waals surface area contributed by atoms with Gasteiger partial charge in [-0.2, -0.15) is 0 Å². The van der Waals surface area contributed by atoms with Gasteiger partial charge in [0.1, 0.15) is 5.82 Å². The lowest BCUT2D eigenvalue weighted by molar-refractivity contribution is -0.00514. The Kier molecular flexibility index (Phi) is 4.66. The first-order valence-corrected chi connectivity index (χ1v) is 7.10. The van der Waals surface area contributed by atoms with Crippen molar-refractivity contribution in [1.29, 1.82) is 0 Å². The molecule has 6 nitrogen and oxygen atoms in total. The van der Waals surface area contributed by atoms with Crippen molar-refractivity contribution in [2.45, 2.75) is 31.3 Å². The van der Waals surface area contributed by atoms with Crippen molar-refractivity contribution in [3.63, 3.8) is 0 Å². The first-order valence-electron chi connectivity index (χ1n) is 5.62. The van der Waals surface area contributed by atoms with Gasteiger partial charge in [-0.25, -0.2) is 18.1 Å². The Morgan fingerprint density at radius 2 is 2.17 bits per heavy atom. The minimum Gasteiger partial charge on any atom is -0.384 e. The van der Waals surface area contributed by atoms with Gasteiger partial charge in [0, 0.05) is 25.4 Å². The van der Waals surface area contributed by atoms with E-state index in [1.54, 1.807) is 0 Å². The van der Waals surface area contributed by atoms with Gasteiger partial charge in [-0.1, -0.05) is 0 Å². The van der Waals surface area contributed by atoms with Crippen molar-refractivity contribution in [2.24, 2.45) is 0 Å². The summed E-state index contributed by atoms with van der Waals surface area (Å²) < 4.78 is 31.9. The van der Waals surface area contributed by atoms with Crippen LogP contribution in [0.2, 0.25) is 0 Å². The van der Waals surface area contributed by atoms with Crippen molar-refractivity contribution in [3.05, 3.63) is 18.3 Å². The minimum absolute atomic E-state index is 0.0994. The van der Waals surface area contributed by atoms with Crippen LogP contribution >= 0.6 is 0 Å². The Labute approximate surface area is 108 Å². The SMILES string of the molecule is CCOC(C)(C)CNS(=O)(=O)c1ccnc(N)c1. The molecule has 0 spiro atoms. The maximum absolute atomic E-state index is 12.0. The van der Waals surface area contributed by atoms with Gasteiger partial charge in [-0.3, -0.25) is 0 Å². The van der Waals surface area contributed by atoms with Crippen LogP contribution in [-0.2, 0) is 14.8 Å². The molecule has 1 aromatic rings. The Balaban J connectivity index is 2.78. The van der Waals surface area contributed by atoms with Crippen LogP contribution in [0.4, 0.5) is 5.82 Å². The zero-order valence-electron chi connectivity index (χ0n) is 10.8. The quantitative estimate of drug-likeness (QED) is 0.798. The fourth-order valence-corrected chi connectivity index (χ4v) is 2.61. The molecule has 0 saturated carbocycles. The summed E-state index contributed by atoms with van der Waals surface area (Å²) in [4.78, 5) is 3.85. The topological polar surface area (TPSA) is 94.3 Å². The number of nitrogens with two attached hydrogens (primary N) is 1. The standard InChI is InChI=1S/C11H19N3O3S/c1-4-17-11(2,3)8-14-18(15,16)9-5-6-13-10(12)7-9/h5-7,14H,4,8H2,1-3H3,(H2,12,13). The molecule has 102 valence electrons. The third kappa shape index (κ3) is 4.25. The van der Waals surface area contributed by atoms with Gasteiger partial charge < -0.3 is 10.5 Å². The van der Waals surface area contributed by atoms with E-state index >= 15 is 0 Å². The van der Waals surface area contributed by atoms with E-state index in [1.807, 2.05) is 20.8 Å². The molecule has 0 bridgehead atoms. The van der Waals surface area contributed by atoms with E-state index in [9.17, 15) is 8.42 Å². The monoisotopic (exact) mass is 273 g/mol. The molecule has 0 amide bonds. The maximum atomic E-state index is 12.0. The highest BCUT2D eigenvalue weighted by Crippen LogP contribution is 2.13. The summed E-state index contributed by atoms with van der Waals surface area (Å²) in [5, 5.41) is 0. The van der Waals surface area contributed by atoms with Crippen LogP contribution in [0.5, 0.6) is 0 Å². The molecular formula is C11H19N3O3S. The zero-order chi connectivity index (χ0) is 13.8. The molecule has 0 radical (unpaired) electrons. The number of hydrogen-bond acceptors (Lipinski definition) is 5. The summed E-state index contributed by atoms with van der Waals surface area (Å²) in [6.07, 6.45) is 1.36. The lowest BCUT2D eigenvalue weighted by Crippen LogP contribution is -2.40. The van der Waals surface area contributed by atoms with Crippen molar-refractivity contribution >= 4 is 15.8 Å². The second-order valence-corrected chi connectivity index (χ2v) is 6.20. The smallest absolute Gasteiger partial charge is 0.240 e. The summed E-state index contributed by atoms with van der Waals surface area (Å²) in [6, 6.07) is 2.71. The van der Waals surface area contributed by atoms with Gasteiger partial charge in [-0.05, 0) is 26.8 Å². The molecule has 1 aromatic heterocycles. The van der Waals surface area contributed by atoms with Crippen LogP contribution in [0.25, 0.3) is 0 Å². The van der Waals surface area contributed by atoms with E-state index in [2.05, 4.69) is 9.71 Å². The molecule has 0 fully saturated rings. The average molecular weight is 273 g/mol. The van der Waals surface area contributed by atoms with Crippen LogP contribution < -0.4 is 10.5 Å². The van der Waals surface area contributed by atoms with Gasteiger partial charge in [0.05, 0.1) is 10.5 Å². The second kappa shape index (κ2) is 5.64. The fraction of sp³-hybridized carbons (Fsp3) is 0.545. The van der Waals surface area contributed by atoms with Gasteiger partial charge in [0.2, 0.25) is 10.0 Å². The number of pyridine rings is 1. The van der Waals surface area contributed by atoms with E-state index in [-0.39, 0.29) is 17.3 Å². The van der Waals surface area contributed by atoms with Gasteiger partial charge >= 0.3 is 0 Å². The van der Waals surface area contributed by atoms with Crippen molar-refractivity contribution in [3.8, 4) is 0 Å². The summed E-state index contributed by atoms with van der Waals surface area (Å²) in [5.74, 6) is 0.168. The second-order valence-electron chi connectivity index (χ2n) is 4.43.